The molecule has 11 heteroatoms. The number of urea groups is 1. The fourth-order valence-corrected chi connectivity index (χ4v) is 6.69. The van der Waals surface area contributed by atoms with Crippen molar-refractivity contribution in [1.82, 2.24) is 29.9 Å². The van der Waals surface area contributed by atoms with Gasteiger partial charge in [0.15, 0.2) is 11.5 Å². The molecule has 0 radical (unpaired) electrons. The van der Waals surface area contributed by atoms with Crippen LogP contribution in [0.3, 0.4) is 0 Å². The molecule has 11 nitrogen and oxygen atoms in total. The summed E-state index contributed by atoms with van der Waals surface area (Å²) in [5.74, 6) is 0.0348. The van der Waals surface area contributed by atoms with E-state index >= 15 is 0 Å². The smallest absolute Gasteiger partial charge is 0.320 e. The number of amides is 3. The highest BCUT2D eigenvalue weighted by atomic mass is 16.2. The van der Waals surface area contributed by atoms with Crippen molar-refractivity contribution in [3.63, 3.8) is 0 Å². The number of likely N-dealkylation sites (tertiary alicyclic amines) is 1. The van der Waals surface area contributed by atoms with Crippen LogP contribution in [0, 0.1) is 0 Å². The van der Waals surface area contributed by atoms with E-state index in [0.29, 0.717) is 11.8 Å². The van der Waals surface area contributed by atoms with Crippen LogP contribution >= 0.6 is 0 Å². The highest BCUT2D eigenvalue weighted by molar-refractivity contribution is 5.96. The van der Waals surface area contributed by atoms with Gasteiger partial charge in [-0.3, -0.25) is 4.79 Å². The minimum atomic E-state index is -0.684. The van der Waals surface area contributed by atoms with Crippen LogP contribution in [0.1, 0.15) is 68.4 Å². The zero-order valence-electron chi connectivity index (χ0n) is 23.8. The maximum atomic E-state index is 12.7. The molecule has 4 heterocycles. The lowest BCUT2D eigenvalue weighted by Gasteiger charge is -2.43. The van der Waals surface area contributed by atoms with E-state index in [-0.39, 0.29) is 29.2 Å². The Bertz CT molecular complexity index is 1260. The van der Waals surface area contributed by atoms with Crippen LogP contribution in [0.2, 0.25) is 0 Å². The molecule has 1 aromatic carbocycles. The third-order valence-corrected chi connectivity index (χ3v) is 9.57. The number of hydrogen-bond acceptors (Lipinski definition) is 8. The first-order chi connectivity index (χ1) is 19.2. The van der Waals surface area contributed by atoms with Crippen LogP contribution in [0.15, 0.2) is 24.3 Å². The molecule has 3 saturated heterocycles. The molecule has 4 aliphatic rings. The lowest BCUT2D eigenvalue weighted by atomic mass is 9.74. The van der Waals surface area contributed by atoms with Gasteiger partial charge in [0.2, 0.25) is 5.95 Å². The van der Waals surface area contributed by atoms with E-state index < -0.39 is 5.91 Å². The van der Waals surface area contributed by atoms with E-state index in [1.54, 1.807) is 4.90 Å². The standard InChI is InChI=1S/C29H41N9O2/c1-19-23(38-18-17-35(3)28(38)40)5-4-14-37(19)27-32-26(24(25(30)39)33-34-27)31-21-8-6-20(7-9-21)29(2)12-15-36(16-13-29)22-10-11-22/h6-9,19,22-23H,4-5,10-18H2,1-3H3,(H2,30,39)(H,31,32,34)/t19-,23-/m1/s1. The van der Waals surface area contributed by atoms with Crippen molar-refractivity contribution < 1.29 is 9.59 Å². The summed E-state index contributed by atoms with van der Waals surface area (Å²) in [4.78, 5) is 38.1. The average Bonchev–Trinajstić information content (AvgIpc) is 3.74. The number of piperidine rings is 2. The van der Waals surface area contributed by atoms with E-state index in [9.17, 15) is 9.59 Å². The van der Waals surface area contributed by atoms with Gasteiger partial charge in [0, 0.05) is 44.5 Å². The van der Waals surface area contributed by atoms with Crippen molar-refractivity contribution in [2.45, 2.75) is 75.9 Å². The van der Waals surface area contributed by atoms with Gasteiger partial charge in [-0.15, -0.1) is 10.2 Å². The zero-order valence-corrected chi connectivity index (χ0v) is 23.8. The summed E-state index contributed by atoms with van der Waals surface area (Å²) in [6.07, 6.45) is 6.88. The number of anilines is 3. The van der Waals surface area contributed by atoms with E-state index in [4.69, 9.17) is 10.7 Å². The minimum absolute atomic E-state index is 0.00429. The number of rotatable bonds is 7. The van der Waals surface area contributed by atoms with Gasteiger partial charge < -0.3 is 30.7 Å². The van der Waals surface area contributed by atoms with E-state index in [1.165, 1.54) is 18.4 Å². The summed E-state index contributed by atoms with van der Waals surface area (Å²) in [6, 6.07) is 9.38. The number of nitrogens with zero attached hydrogens (tertiary/aromatic N) is 7. The van der Waals surface area contributed by atoms with Crippen molar-refractivity contribution in [2.24, 2.45) is 5.73 Å². The molecular formula is C29H41N9O2. The highest BCUT2D eigenvalue weighted by Gasteiger charge is 2.40. The summed E-state index contributed by atoms with van der Waals surface area (Å²) in [5.41, 5.74) is 7.96. The molecule has 3 amide bonds. The summed E-state index contributed by atoms with van der Waals surface area (Å²) in [5, 5.41) is 11.7. The molecule has 0 spiro atoms. The van der Waals surface area contributed by atoms with Crippen molar-refractivity contribution >= 4 is 29.4 Å². The van der Waals surface area contributed by atoms with Crippen molar-refractivity contribution in [2.75, 3.05) is 50.0 Å². The first kappa shape index (κ1) is 26.7. The van der Waals surface area contributed by atoms with Crippen LogP contribution in [-0.2, 0) is 5.41 Å². The monoisotopic (exact) mass is 547 g/mol. The van der Waals surface area contributed by atoms with E-state index in [2.05, 4.69) is 51.3 Å². The Labute approximate surface area is 236 Å². The lowest BCUT2D eigenvalue weighted by Crippen LogP contribution is -2.55. The highest BCUT2D eigenvalue weighted by Crippen LogP contribution is 2.39. The van der Waals surface area contributed by atoms with Gasteiger partial charge in [0.25, 0.3) is 5.91 Å². The normalized spacial score (nSPS) is 25.4. The zero-order chi connectivity index (χ0) is 28.0. The minimum Gasteiger partial charge on any atom is -0.364 e. The number of primary amides is 1. The molecule has 3 aliphatic heterocycles. The Morgan fingerprint density at radius 1 is 1.00 bits per heavy atom. The molecule has 1 aliphatic carbocycles. The fourth-order valence-electron chi connectivity index (χ4n) is 6.69. The number of benzene rings is 1. The Balaban J connectivity index is 1.19. The fraction of sp³-hybridized carbons (Fsp3) is 0.621. The molecular weight excluding hydrogens is 506 g/mol. The largest absolute Gasteiger partial charge is 0.364 e. The van der Waals surface area contributed by atoms with Gasteiger partial charge in [-0.25, -0.2) is 4.79 Å². The van der Waals surface area contributed by atoms with Crippen LogP contribution in [0.25, 0.3) is 0 Å². The topological polar surface area (TPSA) is 124 Å². The second kappa shape index (κ2) is 10.5. The summed E-state index contributed by atoms with van der Waals surface area (Å²) in [6.45, 7) is 9.00. The van der Waals surface area contributed by atoms with Gasteiger partial charge in [-0.1, -0.05) is 19.1 Å². The second-order valence-electron chi connectivity index (χ2n) is 12.2. The van der Waals surface area contributed by atoms with Gasteiger partial charge in [0.05, 0.1) is 6.04 Å². The Morgan fingerprint density at radius 2 is 1.73 bits per heavy atom. The average molecular weight is 548 g/mol. The molecule has 1 aromatic heterocycles. The number of nitrogens with two attached hydrogens (primary N) is 1. The summed E-state index contributed by atoms with van der Waals surface area (Å²) < 4.78 is 0. The lowest BCUT2D eigenvalue weighted by molar-refractivity contribution is 0.0995. The molecule has 4 fully saturated rings. The second-order valence-corrected chi connectivity index (χ2v) is 12.2. The Hall–Kier alpha value is -3.47. The number of hydrogen-bond donors (Lipinski definition) is 2. The summed E-state index contributed by atoms with van der Waals surface area (Å²) >= 11 is 0. The summed E-state index contributed by atoms with van der Waals surface area (Å²) in [7, 11) is 1.84. The SMILES string of the molecule is C[C@@H]1[C@H](N2CCN(C)C2=O)CCCN1c1nnc(C(N)=O)c(Nc2ccc(C3(C)CCN(C4CC4)CC3)cc2)n1. The molecule has 0 bridgehead atoms. The maximum Gasteiger partial charge on any atom is 0.320 e. The van der Waals surface area contributed by atoms with Crippen molar-refractivity contribution in [1.29, 1.82) is 0 Å². The van der Waals surface area contributed by atoms with E-state index in [0.717, 1.165) is 70.1 Å². The van der Waals surface area contributed by atoms with Gasteiger partial charge in [-0.05, 0) is 81.6 Å². The van der Waals surface area contributed by atoms with Crippen molar-refractivity contribution in [3.8, 4) is 0 Å². The molecule has 40 heavy (non-hydrogen) atoms. The molecule has 0 unspecified atom stereocenters. The first-order valence-electron chi connectivity index (χ1n) is 14.7. The van der Waals surface area contributed by atoms with Crippen LogP contribution in [-0.4, -0.2) is 99.7 Å². The third-order valence-electron chi connectivity index (χ3n) is 9.57. The van der Waals surface area contributed by atoms with Crippen LogP contribution in [0.5, 0.6) is 0 Å². The molecule has 1 saturated carbocycles. The first-order valence-corrected chi connectivity index (χ1v) is 14.7. The Kier molecular flexibility index (Phi) is 7.02. The van der Waals surface area contributed by atoms with Gasteiger partial charge in [0.1, 0.15) is 0 Å². The predicted molar refractivity (Wildman–Crippen MR) is 154 cm³/mol. The van der Waals surface area contributed by atoms with Gasteiger partial charge >= 0.3 is 6.03 Å². The number of likely N-dealkylation sites (N-methyl/N-ethyl adjacent to an activating group) is 1. The molecule has 214 valence electrons. The molecule has 2 atom stereocenters. The van der Waals surface area contributed by atoms with Gasteiger partial charge in [-0.2, -0.15) is 4.98 Å². The van der Waals surface area contributed by atoms with Crippen LogP contribution < -0.4 is 16.0 Å². The van der Waals surface area contributed by atoms with E-state index in [1.807, 2.05) is 24.1 Å². The predicted octanol–water partition coefficient (Wildman–Crippen LogP) is 2.95. The quantitative estimate of drug-likeness (QED) is 0.542. The number of aromatic nitrogens is 3. The molecule has 2 aromatic rings. The van der Waals surface area contributed by atoms with Crippen LogP contribution in [0.4, 0.5) is 22.2 Å². The maximum absolute atomic E-state index is 12.7. The number of nitrogens with one attached hydrogen (secondary N) is 1. The third kappa shape index (κ3) is 5.07. The molecule has 3 N–H and O–H groups in total. The molecule has 6 rings (SSSR count). The number of carbonyl (C=O) groups is 2. The Morgan fingerprint density at radius 3 is 2.35 bits per heavy atom. The van der Waals surface area contributed by atoms with Crippen molar-refractivity contribution in [3.05, 3.63) is 35.5 Å². The number of carbonyl (C=O) groups excluding carboxylic acids is 2.